The van der Waals surface area contributed by atoms with Gasteiger partial charge in [0.05, 0.1) is 6.04 Å². The Kier molecular flexibility index (Phi) is 3.49. The van der Waals surface area contributed by atoms with Crippen LogP contribution in [0.15, 0.2) is 34.7 Å². The summed E-state index contributed by atoms with van der Waals surface area (Å²) in [5.74, 6) is 0.705. The van der Waals surface area contributed by atoms with Crippen molar-refractivity contribution in [2.24, 2.45) is 0 Å². The maximum Gasteiger partial charge on any atom is 0.192 e. The van der Waals surface area contributed by atoms with E-state index < -0.39 is 0 Å². The fourth-order valence-corrected chi connectivity index (χ4v) is 3.23. The second-order valence-electron chi connectivity index (χ2n) is 4.94. The number of oxazole rings is 1. The third-order valence-corrected chi connectivity index (χ3v) is 4.75. The number of anilines is 1. The summed E-state index contributed by atoms with van der Waals surface area (Å²) < 4.78 is 5.49. The predicted molar refractivity (Wildman–Crippen MR) is 84.5 cm³/mol. The Labute approximate surface area is 122 Å². The van der Waals surface area contributed by atoms with Crippen LogP contribution >= 0.6 is 11.3 Å². The molecule has 0 fully saturated rings. The molecule has 0 spiro atoms. The van der Waals surface area contributed by atoms with Gasteiger partial charge in [0.1, 0.15) is 5.52 Å². The summed E-state index contributed by atoms with van der Waals surface area (Å²) in [6, 6.07) is 10.8. The Morgan fingerprint density at radius 3 is 2.90 bits per heavy atom. The standard InChI is InChI=1S/C16H18N2OS/c1-4-13-6-8-16(20-13)10(2)17-12-5-7-15-14(9-12)18-11(3)19-15/h5-10,17H,4H2,1-3H3. The molecular weight excluding hydrogens is 268 g/mol. The molecule has 3 rings (SSSR count). The zero-order valence-electron chi connectivity index (χ0n) is 11.9. The maximum absolute atomic E-state index is 5.49. The molecule has 0 saturated carbocycles. The number of nitrogens with zero attached hydrogens (tertiary/aromatic N) is 1. The number of thiophene rings is 1. The number of fused-ring (bicyclic) bond motifs is 1. The molecule has 0 aliphatic carbocycles. The molecule has 0 radical (unpaired) electrons. The minimum absolute atomic E-state index is 0.297. The smallest absolute Gasteiger partial charge is 0.192 e. The molecule has 0 aliphatic rings. The Morgan fingerprint density at radius 2 is 2.15 bits per heavy atom. The zero-order chi connectivity index (χ0) is 14.1. The van der Waals surface area contributed by atoms with Gasteiger partial charge in [-0.3, -0.25) is 0 Å². The van der Waals surface area contributed by atoms with Crippen molar-refractivity contribution in [1.29, 1.82) is 0 Å². The van der Waals surface area contributed by atoms with Gasteiger partial charge >= 0.3 is 0 Å². The van der Waals surface area contributed by atoms with Crippen molar-refractivity contribution in [3.63, 3.8) is 0 Å². The number of hydrogen-bond donors (Lipinski definition) is 1. The first-order chi connectivity index (χ1) is 9.65. The van der Waals surface area contributed by atoms with Gasteiger partial charge in [0.25, 0.3) is 0 Å². The van der Waals surface area contributed by atoms with Crippen LogP contribution in [-0.2, 0) is 6.42 Å². The van der Waals surface area contributed by atoms with E-state index in [1.807, 2.05) is 36.5 Å². The second kappa shape index (κ2) is 5.29. The highest BCUT2D eigenvalue weighted by atomic mass is 32.1. The first-order valence-electron chi connectivity index (χ1n) is 6.88. The molecular formula is C16H18N2OS. The molecule has 0 aliphatic heterocycles. The minimum Gasteiger partial charge on any atom is -0.441 e. The molecule has 0 bridgehead atoms. The van der Waals surface area contributed by atoms with E-state index >= 15 is 0 Å². The number of rotatable bonds is 4. The van der Waals surface area contributed by atoms with Crippen molar-refractivity contribution in [2.45, 2.75) is 33.2 Å². The Balaban J connectivity index is 1.80. The second-order valence-corrected chi connectivity index (χ2v) is 6.14. The van der Waals surface area contributed by atoms with Crippen LogP contribution < -0.4 is 5.32 Å². The number of benzene rings is 1. The van der Waals surface area contributed by atoms with Crippen molar-refractivity contribution >= 4 is 28.1 Å². The molecule has 0 saturated heterocycles. The Hall–Kier alpha value is -1.81. The molecule has 4 heteroatoms. The molecule has 2 aromatic heterocycles. The highest BCUT2D eigenvalue weighted by Gasteiger charge is 2.09. The van der Waals surface area contributed by atoms with E-state index in [2.05, 4.69) is 36.3 Å². The predicted octanol–water partition coefficient (Wildman–Crippen LogP) is 4.93. The van der Waals surface area contributed by atoms with Crippen LogP contribution in [0.5, 0.6) is 0 Å². The largest absolute Gasteiger partial charge is 0.441 e. The fourth-order valence-electron chi connectivity index (χ4n) is 2.27. The number of hydrogen-bond acceptors (Lipinski definition) is 4. The molecule has 1 unspecified atom stereocenters. The van der Waals surface area contributed by atoms with E-state index in [0.29, 0.717) is 11.9 Å². The molecule has 3 aromatic rings. The van der Waals surface area contributed by atoms with Crippen LogP contribution in [0.3, 0.4) is 0 Å². The van der Waals surface area contributed by atoms with Crippen LogP contribution in [0.25, 0.3) is 11.1 Å². The van der Waals surface area contributed by atoms with Gasteiger partial charge < -0.3 is 9.73 Å². The minimum atomic E-state index is 0.297. The summed E-state index contributed by atoms with van der Waals surface area (Å²) in [4.78, 5) is 7.15. The van der Waals surface area contributed by atoms with Gasteiger partial charge in [0, 0.05) is 22.4 Å². The number of aryl methyl sites for hydroxylation is 2. The first kappa shape index (κ1) is 13.2. The van der Waals surface area contributed by atoms with E-state index in [0.717, 1.165) is 23.2 Å². The lowest BCUT2D eigenvalue weighted by Gasteiger charge is -2.13. The zero-order valence-corrected chi connectivity index (χ0v) is 12.8. The van der Waals surface area contributed by atoms with Crippen molar-refractivity contribution < 1.29 is 4.42 Å². The molecule has 0 amide bonds. The normalized spacial score (nSPS) is 12.8. The summed E-state index contributed by atoms with van der Waals surface area (Å²) in [6.07, 6.45) is 1.10. The number of nitrogens with one attached hydrogen (secondary N) is 1. The molecule has 104 valence electrons. The third-order valence-electron chi connectivity index (χ3n) is 3.34. The van der Waals surface area contributed by atoms with Crippen molar-refractivity contribution in [3.8, 4) is 0 Å². The van der Waals surface area contributed by atoms with Crippen LogP contribution in [-0.4, -0.2) is 4.98 Å². The van der Waals surface area contributed by atoms with Gasteiger partial charge in [-0.05, 0) is 43.7 Å². The van der Waals surface area contributed by atoms with Gasteiger partial charge in [-0.1, -0.05) is 6.92 Å². The molecule has 1 N–H and O–H groups in total. The van der Waals surface area contributed by atoms with E-state index in [-0.39, 0.29) is 0 Å². The van der Waals surface area contributed by atoms with Crippen LogP contribution in [0.4, 0.5) is 5.69 Å². The van der Waals surface area contributed by atoms with Gasteiger partial charge in [-0.2, -0.15) is 0 Å². The van der Waals surface area contributed by atoms with Gasteiger partial charge in [0.15, 0.2) is 11.5 Å². The lowest BCUT2D eigenvalue weighted by Crippen LogP contribution is -2.04. The van der Waals surface area contributed by atoms with E-state index in [1.165, 1.54) is 9.75 Å². The molecule has 20 heavy (non-hydrogen) atoms. The van der Waals surface area contributed by atoms with Crippen molar-refractivity contribution in [1.82, 2.24) is 4.98 Å². The highest BCUT2D eigenvalue weighted by molar-refractivity contribution is 7.12. The monoisotopic (exact) mass is 286 g/mol. The van der Waals surface area contributed by atoms with Gasteiger partial charge in [-0.15, -0.1) is 11.3 Å². The third kappa shape index (κ3) is 2.56. The lowest BCUT2D eigenvalue weighted by atomic mass is 10.2. The van der Waals surface area contributed by atoms with Crippen molar-refractivity contribution in [2.75, 3.05) is 5.32 Å². The molecule has 2 heterocycles. The summed E-state index contributed by atoms with van der Waals surface area (Å²) in [7, 11) is 0. The fraction of sp³-hybridized carbons (Fsp3) is 0.312. The molecule has 1 atom stereocenters. The van der Waals surface area contributed by atoms with E-state index in [1.54, 1.807) is 0 Å². The van der Waals surface area contributed by atoms with E-state index in [4.69, 9.17) is 4.42 Å². The summed E-state index contributed by atoms with van der Waals surface area (Å²) in [5.41, 5.74) is 2.81. The van der Waals surface area contributed by atoms with Crippen LogP contribution in [0.1, 0.15) is 35.5 Å². The topological polar surface area (TPSA) is 38.1 Å². The highest BCUT2D eigenvalue weighted by Crippen LogP contribution is 2.28. The maximum atomic E-state index is 5.49. The van der Waals surface area contributed by atoms with Crippen LogP contribution in [0.2, 0.25) is 0 Å². The summed E-state index contributed by atoms with van der Waals surface area (Å²) in [6.45, 7) is 6.24. The average Bonchev–Trinajstić information content (AvgIpc) is 3.03. The lowest BCUT2D eigenvalue weighted by molar-refractivity contribution is 0.561. The SMILES string of the molecule is CCc1ccc(C(C)Nc2ccc3oc(C)nc3c2)s1. The van der Waals surface area contributed by atoms with Gasteiger partial charge in [0.2, 0.25) is 0 Å². The summed E-state index contributed by atoms with van der Waals surface area (Å²) in [5, 5.41) is 3.53. The average molecular weight is 286 g/mol. The van der Waals surface area contributed by atoms with Gasteiger partial charge in [-0.25, -0.2) is 4.98 Å². The molecule has 1 aromatic carbocycles. The van der Waals surface area contributed by atoms with Crippen molar-refractivity contribution in [3.05, 3.63) is 46.0 Å². The molecule has 3 nitrogen and oxygen atoms in total. The summed E-state index contributed by atoms with van der Waals surface area (Å²) >= 11 is 1.87. The van der Waals surface area contributed by atoms with Crippen LogP contribution in [0, 0.1) is 6.92 Å². The number of aromatic nitrogens is 1. The first-order valence-corrected chi connectivity index (χ1v) is 7.69. The Morgan fingerprint density at radius 1 is 1.30 bits per heavy atom. The van der Waals surface area contributed by atoms with E-state index in [9.17, 15) is 0 Å². The Bertz CT molecular complexity index is 729. The quantitative estimate of drug-likeness (QED) is 0.738.